The lowest BCUT2D eigenvalue weighted by Crippen LogP contribution is -2.41. The molecule has 0 saturated heterocycles. The standard InChI is InChI=1S/C13H18N2O5/c1-3-13(4-2,8-16)14-10-7-5-6-9(12(17)18)11(10)15(19)20/h5-7,14,16H,3-4,8H2,1-2H3,(H,17,18). The second-order valence-corrected chi connectivity index (χ2v) is 4.53. The van der Waals surface area contributed by atoms with Crippen LogP contribution in [0.25, 0.3) is 0 Å². The minimum Gasteiger partial charge on any atom is -0.477 e. The number of carboxylic acid groups (broad SMARTS) is 1. The van der Waals surface area contributed by atoms with E-state index in [0.717, 1.165) is 0 Å². The van der Waals surface area contributed by atoms with Crippen molar-refractivity contribution in [2.24, 2.45) is 0 Å². The number of nitro benzene ring substituents is 1. The van der Waals surface area contributed by atoms with Crippen LogP contribution in [0.3, 0.4) is 0 Å². The monoisotopic (exact) mass is 282 g/mol. The van der Waals surface area contributed by atoms with Crippen molar-refractivity contribution in [1.82, 2.24) is 0 Å². The maximum atomic E-state index is 11.1. The fourth-order valence-corrected chi connectivity index (χ4v) is 1.99. The fourth-order valence-electron chi connectivity index (χ4n) is 1.99. The molecule has 0 amide bonds. The van der Waals surface area contributed by atoms with Crippen LogP contribution in [0, 0.1) is 10.1 Å². The quantitative estimate of drug-likeness (QED) is 0.522. The van der Waals surface area contributed by atoms with Gasteiger partial charge in [-0.15, -0.1) is 0 Å². The van der Waals surface area contributed by atoms with Crippen LogP contribution in [0.4, 0.5) is 11.4 Å². The van der Waals surface area contributed by atoms with Gasteiger partial charge in [-0.2, -0.15) is 0 Å². The van der Waals surface area contributed by atoms with E-state index in [2.05, 4.69) is 5.32 Å². The van der Waals surface area contributed by atoms with Gasteiger partial charge >= 0.3 is 11.7 Å². The molecule has 0 heterocycles. The number of nitrogens with zero attached hydrogens (tertiary/aromatic N) is 1. The van der Waals surface area contributed by atoms with Gasteiger partial charge in [-0.1, -0.05) is 19.9 Å². The Balaban J connectivity index is 3.35. The fraction of sp³-hybridized carbons (Fsp3) is 0.462. The lowest BCUT2D eigenvalue weighted by molar-refractivity contribution is -0.384. The van der Waals surface area contributed by atoms with Crippen molar-refractivity contribution < 1.29 is 19.9 Å². The first-order valence-corrected chi connectivity index (χ1v) is 6.30. The van der Waals surface area contributed by atoms with Crippen molar-refractivity contribution in [3.8, 4) is 0 Å². The van der Waals surface area contributed by atoms with Gasteiger partial charge in [0.15, 0.2) is 0 Å². The molecular weight excluding hydrogens is 264 g/mol. The van der Waals surface area contributed by atoms with Gasteiger partial charge in [0.2, 0.25) is 0 Å². The molecule has 0 aliphatic carbocycles. The molecule has 0 aliphatic rings. The number of benzene rings is 1. The number of aliphatic hydroxyl groups is 1. The summed E-state index contributed by atoms with van der Waals surface area (Å²) < 4.78 is 0. The molecule has 0 radical (unpaired) electrons. The molecule has 7 heteroatoms. The zero-order valence-electron chi connectivity index (χ0n) is 11.4. The third-order valence-corrected chi connectivity index (χ3v) is 3.51. The summed E-state index contributed by atoms with van der Waals surface area (Å²) in [6.45, 7) is 3.49. The molecule has 1 aromatic rings. The highest BCUT2D eigenvalue weighted by molar-refractivity contribution is 5.95. The Hall–Kier alpha value is -2.15. The maximum absolute atomic E-state index is 11.1. The van der Waals surface area contributed by atoms with E-state index in [1.54, 1.807) is 0 Å². The molecule has 0 spiro atoms. The van der Waals surface area contributed by atoms with Crippen LogP contribution in [-0.4, -0.2) is 33.3 Å². The minimum atomic E-state index is -1.36. The van der Waals surface area contributed by atoms with Gasteiger partial charge < -0.3 is 15.5 Å². The highest BCUT2D eigenvalue weighted by Gasteiger charge is 2.30. The topological polar surface area (TPSA) is 113 Å². The SMILES string of the molecule is CCC(CC)(CO)Nc1cccc(C(=O)O)c1[N+](=O)[O-]. The number of hydrogen-bond acceptors (Lipinski definition) is 5. The Morgan fingerprint density at radius 1 is 1.40 bits per heavy atom. The molecule has 0 saturated carbocycles. The van der Waals surface area contributed by atoms with Gasteiger partial charge in [-0.25, -0.2) is 4.79 Å². The largest absolute Gasteiger partial charge is 0.477 e. The molecule has 0 fully saturated rings. The highest BCUT2D eigenvalue weighted by atomic mass is 16.6. The van der Waals surface area contributed by atoms with Crippen LogP contribution in [0.2, 0.25) is 0 Å². The number of aromatic carboxylic acids is 1. The van der Waals surface area contributed by atoms with Crippen LogP contribution in [-0.2, 0) is 0 Å². The predicted molar refractivity (Wildman–Crippen MR) is 74.1 cm³/mol. The summed E-state index contributed by atoms with van der Waals surface area (Å²) in [5.41, 5.74) is -1.46. The van der Waals surface area contributed by atoms with Crippen LogP contribution in [0.5, 0.6) is 0 Å². The zero-order valence-corrected chi connectivity index (χ0v) is 11.4. The summed E-state index contributed by atoms with van der Waals surface area (Å²) >= 11 is 0. The van der Waals surface area contributed by atoms with E-state index in [-0.39, 0.29) is 17.9 Å². The Bertz CT molecular complexity index is 503. The van der Waals surface area contributed by atoms with Crippen LogP contribution >= 0.6 is 0 Å². The Morgan fingerprint density at radius 3 is 2.40 bits per heavy atom. The van der Waals surface area contributed by atoms with E-state index < -0.39 is 22.1 Å². The number of para-hydroxylation sites is 1. The zero-order chi connectivity index (χ0) is 15.3. The van der Waals surface area contributed by atoms with Gasteiger partial charge in [0.1, 0.15) is 11.3 Å². The predicted octanol–water partition coefficient (Wildman–Crippen LogP) is 2.26. The summed E-state index contributed by atoms with van der Waals surface area (Å²) in [4.78, 5) is 21.5. The summed E-state index contributed by atoms with van der Waals surface area (Å²) in [6, 6.07) is 4.07. The molecule has 20 heavy (non-hydrogen) atoms. The average Bonchev–Trinajstić information content (AvgIpc) is 2.44. The van der Waals surface area contributed by atoms with E-state index in [1.165, 1.54) is 18.2 Å². The van der Waals surface area contributed by atoms with Gasteiger partial charge in [0.05, 0.1) is 17.1 Å². The molecule has 0 aromatic heterocycles. The smallest absolute Gasteiger partial charge is 0.342 e. The molecule has 0 aliphatic heterocycles. The van der Waals surface area contributed by atoms with Crippen molar-refractivity contribution >= 4 is 17.3 Å². The summed E-state index contributed by atoms with van der Waals surface area (Å²) in [5.74, 6) is -1.36. The van der Waals surface area contributed by atoms with E-state index in [1.807, 2.05) is 13.8 Å². The van der Waals surface area contributed by atoms with Crippen LogP contribution in [0.1, 0.15) is 37.0 Å². The number of nitro groups is 1. The van der Waals surface area contributed by atoms with Gasteiger partial charge in [-0.3, -0.25) is 10.1 Å². The van der Waals surface area contributed by atoms with Crippen LogP contribution < -0.4 is 5.32 Å². The molecule has 3 N–H and O–H groups in total. The first kappa shape index (κ1) is 15.9. The number of carboxylic acids is 1. The van der Waals surface area contributed by atoms with Crippen molar-refractivity contribution in [3.05, 3.63) is 33.9 Å². The van der Waals surface area contributed by atoms with Crippen molar-refractivity contribution in [2.75, 3.05) is 11.9 Å². The van der Waals surface area contributed by atoms with E-state index >= 15 is 0 Å². The number of carbonyl (C=O) groups is 1. The van der Waals surface area contributed by atoms with E-state index in [4.69, 9.17) is 5.11 Å². The Kier molecular flexibility index (Phi) is 5.04. The second kappa shape index (κ2) is 6.33. The van der Waals surface area contributed by atoms with E-state index in [0.29, 0.717) is 12.8 Å². The van der Waals surface area contributed by atoms with E-state index in [9.17, 15) is 20.0 Å². The van der Waals surface area contributed by atoms with Crippen molar-refractivity contribution in [1.29, 1.82) is 0 Å². The van der Waals surface area contributed by atoms with Crippen molar-refractivity contribution in [2.45, 2.75) is 32.2 Å². The summed E-state index contributed by atoms with van der Waals surface area (Å²) in [6.07, 6.45) is 1.10. The Morgan fingerprint density at radius 2 is 2.00 bits per heavy atom. The number of nitrogens with one attached hydrogen (secondary N) is 1. The van der Waals surface area contributed by atoms with Crippen LogP contribution in [0.15, 0.2) is 18.2 Å². The summed E-state index contributed by atoms with van der Waals surface area (Å²) in [5, 5.41) is 32.6. The first-order valence-electron chi connectivity index (χ1n) is 6.30. The van der Waals surface area contributed by atoms with Gasteiger partial charge in [0.25, 0.3) is 0 Å². The molecule has 1 rings (SSSR count). The maximum Gasteiger partial charge on any atom is 0.342 e. The average molecular weight is 282 g/mol. The molecule has 0 bridgehead atoms. The normalized spacial score (nSPS) is 11.2. The second-order valence-electron chi connectivity index (χ2n) is 4.53. The molecule has 1 aromatic carbocycles. The first-order chi connectivity index (χ1) is 9.40. The highest BCUT2D eigenvalue weighted by Crippen LogP contribution is 2.32. The molecular formula is C13H18N2O5. The van der Waals surface area contributed by atoms with Gasteiger partial charge in [0, 0.05) is 0 Å². The third-order valence-electron chi connectivity index (χ3n) is 3.51. The number of hydrogen-bond donors (Lipinski definition) is 3. The molecule has 7 nitrogen and oxygen atoms in total. The summed E-state index contributed by atoms with van der Waals surface area (Å²) in [7, 11) is 0. The molecule has 0 atom stereocenters. The number of anilines is 1. The van der Waals surface area contributed by atoms with Gasteiger partial charge in [-0.05, 0) is 25.0 Å². The lowest BCUT2D eigenvalue weighted by atomic mass is 9.93. The third kappa shape index (κ3) is 3.05. The lowest BCUT2D eigenvalue weighted by Gasteiger charge is -2.31. The number of aliphatic hydroxyl groups excluding tert-OH is 1. The molecule has 110 valence electrons. The molecule has 0 unspecified atom stereocenters. The Labute approximate surface area is 116 Å². The van der Waals surface area contributed by atoms with Crippen molar-refractivity contribution in [3.63, 3.8) is 0 Å². The minimum absolute atomic E-state index is 0.104. The number of rotatable bonds is 7.